The molecule has 9 nitrogen and oxygen atoms in total. The smallest absolute Gasteiger partial charge is 0.318 e. The van der Waals surface area contributed by atoms with E-state index < -0.39 is 6.43 Å². The standard InChI is InChI=1S/C33H40F2N8O/c1-40-16-18-43(19-17-40)33(10-11-33)22-44-32-38-27-21-41(28-7-3-5-23-4-2-6-26(29(23)28)30(34)35)14-9-25(27)31(39-32)42-15-13-37-24(20-42)8-12-36/h2-7,24,30,37H,8-11,13-22H2,1H3/t24-/m0/s1. The first-order chi connectivity index (χ1) is 21.4. The monoisotopic (exact) mass is 602 g/mol. The molecule has 232 valence electrons. The number of ether oxygens (including phenoxy) is 1. The van der Waals surface area contributed by atoms with Crippen LogP contribution in [0.2, 0.25) is 0 Å². The molecule has 0 spiro atoms. The molecule has 1 N–H and O–H groups in total. The molecule has 2 aromatic carbocycles. The van der Waals surface area contributed by atoms with Gasteiger partial charge in [0.05, 0.1) is 30.3 Å². The van der Waals surface area contributed by atoms with Gasteiger partial charge in [-0.15, -0.1) is 0 Å². The fraction of sp³-hybridized carbons (Fsp3) is 0.545. The Bertz CT molecular complexity index is 1540. The molecule has 3 fully saturated rings. The van der Waals surface area contributed by atoms with Crippen LogP contribution in [0, 0.1) is 11.3 Å². The molecule has 7 rings (SSSR count). The average molecular weight is 603 g/mol. The lowest BCUT2D eigenvalue weighted by Gasteiger charge is -2.38. The van der Waals surface area contributed by atoms with Gasteiger partial charge in [0.25, 0.3) is 6.43 Å². The number of fused-ring (bicyclic) bond motifs is 2. The molecule has 0 unspecified atom stereocenters. The Kier molecular flexibility index (Phi) is 7.99. The first-order valence-electron chi connectivity index (χ1n) is 15.8. The second-order valence-electron chi connectivity index (χ2n) is 12.7. The normalized spacial score (nSPS) is 22.2. The van der Waals surface area contributed by atoms with Crippen LogP contribution in [0.1, 0.15) is 42.5 Å². The summed E-state index contributed by atoms with van der Waals surface area (Å²) in [5.74, 6) is 0.879. The maximum Gasteiger partial charge on any atom is 0.318 e. The van der Waals surface area contributed by atoms with Crippen molar-refractivity contribution in [3.63, 3.8) is 0 Å². The fourth-order valence-corrected chi connectivity index (χ4v) is 7.16. The summed E-state index contributed by atoms with van der Waals surface area (Å²) in [4.78, 5) is 19.4. The number of rotatable bonds is 8. The highest BCUT2D eigenvalue weighted by molar-refractivity contribution is 5.97. The highest BCUT2D eigenvalue weighted by Crippen LogP contribution is 2.43. The van der Waals surface area contributed by atoms with Gasteiger partial charge < -0.3 is 24.8 Å². The van der Waals surface area contributed by atoms with Crippen LogP contribution in [-0.2, 0) is 13.0 Å². The number of likely N-dealkylation sites (N-methyl/N-ethyl adjacent to an activating group) is 1. The van der Waals surface area contributed by atoms with E-state index in [2.05, 4.69) is 38.0 Å². The molecular formula is C33H40F2N8O. The summed E-state index contributed by atoms with van der Waals surface area (Å²) < 4.78 is 34.7. The molecule has 3 aromatic rings. The maximum atomic E-state index is 14.1. The molecule has 0 amide bonds. The van der Waals surface area contributed by atoms with E-state index in [9.17, 15) is 14.0 Å². The van der Waals surface area contributed by atoms with Crippen molar-refractivity contribution < 1.29 is 13.5 Å². The van der Waals surface area contributed by atoms with Gasteiger partial charge in [0, 0.05) is 80.6 Å². The van der Waals surface area contributed by atoms with E-state index in [1.54, 1.807) is 6.07 Å². The molecule has 0 bridgehead atoms. The van der Waals surface area contributed by atoms with Gasteiger partial charge in [-0.1, -0.05) is 30.3 Å². The first kappa shape index (κ1) is 29.1. The lowest BCUT2D eigenvalue weighted by Crippen LogP contribution is -2.52. The number of hydrogen-bond donors (Lipinski definition) is 1. The quantitative estimate of drug-likeness (QED) is 0.412. The summed E-state index contributed by atoms with van der Waals surface area (Å²) in [5, 5.41) is 14.2. The molecule has 11 heteroatoms. The van der Waals surface area contributed by atoms with Gasteiger partial charge in [-0.25, -0.2) is 8.78 Å². The van der Waals surface area contributed by atoms with Crippen molar-refractivity contribution in [2.24, 2.45) is 0 Å². The number of piperazine rings is 2. The van der Waals surface area contributed by atoms with Gasteiger partial charge in [-0.05, 0) is 37.8 Å². The minimum absolute atomic E-state index is 0.0499. The molecule has 1 aromatic heterocycles. The Morgan fingerprint density at radius 2 is 1.84 bits per heavy atom. The second-order valence-corrected chi connectivity index (χ2v) is 12.7. The maximum absolute atomic E-state index is 14.1. The Morgan fingerprint density at radius 3 is 2.59 bits per heavy atom. The summed E-state index contributed by atoms with van der Waals surface area (Å²) in [5.41, 5.74) is 2.87. The van der Waals surface area contributed by atoms with Gasteiger partial charge in [0.1, 0.15) is 12.4 Å². The highest BCUT2D eigenvalue weighted by Gasteiger charge is 2.49. The molecule has 4 heterocycles. The topological polar surface area (TPSA) is 83.8 Å². The van der Waals surface area contributed by atoms with Crippen LogP contribution in [0.4, 0.5) is 20.3 Å². The number of nitrogens with one attached hydrogen (secondary N) is 1. The van der Waals surface area contributed by atoms with Gasteiger partial charge in [-0.2, -0.15) is 15.2 Å². The molecule has 1 atom stereocenters. The number of anilines is 2. The predicted octanol–water partition coefficient (Wildman–Crippen LogP) is 3.98. The van der Waals surface area contributed by atoms with Crippen LogP contribution in [0.3, 0.4) is 0 Å². The number of alkyl halides is 2. The predicted molar refractivity (Wildman–Crippen MR) is 166 cm³/mol. The SMILES string of the molecule is CN1CCN(C2(COc3nc4c(c(N5CCN[C@@H](CC#N)C5)n3)CCN(c3cccc5cccc(C(F)F)c35)C4)CC2)CC1. The third-order valence-corrected chi connectivity index (χ3v) is 9.88. The van der Waals surface area contributed by atoms with Crippen molar-refractivity contribution in [3.8, 4) is 12.1 Å². The Balaban J connectivity index is 1.20. The van der Waals surface area contributed by atoms with Crippen molar-refractivity contribution in [2.45, 2.75) is 50.2 Å². The molecule has 4 aliphatic rings. The molecular weight excluding hydrogens is 562 g/mol. The number of nitrogens with zero attached hydrogens (tertiary/aromatic N) is 7. The summed E-state index contributed by atoms with van der Waals surface area (Å²) in [6.07, 6.45) is 0.792. The zero-order chi connectivity index (χ0) is 30.3. The molecule has 0 radical (unpaired) electrons. The van der Waals surface area contributed by atoms with Crippen LogP contribution in [0.25, 0.3) is 10.8 Å². The zero-order valence-electron chi connectivity index (χ0n) is 25.3. The minimum atomic E-state index is -2.56. The summed E-state index contributed by atoms with van der Waals surface area (Å²) in [6, 6.07) is 13.6. The summed E-state index contributed by atoms with van der Waals surface area (Å²) in [6.45, 7) is 8.14. The van der Waals surface area contributed by atoms with E-state index in [1.807, 2.05) is 24.3 Å². The Morgan fingerprint density at radius 1 is 1.05 bits per heavy atom. The first-order valence-corrected chi connectivity index (χ1v) is 15.8. The van der Waals surface area contributed by atoms with Crippen LogP contribution in [0.5, 0.6) is 6.01 Å². The zero-order valence-corrected chi connectivity index (χ0v) is 25.3. The largest absolute Gasteiger partial charge is 0.461 e. The van der Waals surface area contributed by atoms with Crippen molar-refractivity contribution in [1.82, 2.24) is 25.1 Å². The minimum Gasteiger partial charge on any atom is -0.461 e. The van der Waals surface area contributed by atoms with Crippen molar-refractivity contribution in [2.75, 3.05) is 75.8 Å². The van der Waals surface area contributed by atoms with E-state index in [-0.39, 0.29) is 17.1 Å². The molecule has 1 aliphatic carbocycles. The van der Waals surface area contributed by atoms with Gasteiger partial charge in [-0.3, -0.25) is 4.90 Å². The number of nitriles is 1. The van der Waals surface area contributed by atoms with Crippen LogP contribution >= 0.6 is 0 Å². The Hall–Kier alpha value is -3.59. The average Bonchev–Trinajstić information content (AvgIpc) is 3.84. The number of hydrogen-bond acceptors (Lipinski definition) is 9. The molecule has 3 aliphatic heterocycles. The van der Waals surface area contributed by atoms with Crippen molar-refractivity contribution in [3.05, 3.63) is 53.2 Å². The van der Waals surface area contributed by atoms with E-state index in [0.29, 0.717) is 50.5 Å². The van der Waals surface area contributed by atoms with Crippen LogP contribution in [0.15, 0.2) is 36.4 Å². The lowest BCUT2D eigenvalue weighted by atomic mass is 9.99. The third kappa shape index (κ3) is 5.67. The van der Waals surface area contributed by atoms with E-state index in [1.165, 1.54) is 6.07 Å². The van der Waals surface area contributed by atoms with Gasteiger partial charge in [0.2, 0.25) is 0 Å². The molecule has 2 saturated heterocycles. The number of aromatic nitrogens is 2. The molecule has 44 heavy (non-hydrogen) atoms. The fourth-order valence-electron chi connectivity index (χ4n) is 7.16. The second kappa shape index (κ2) is 12.1. The summed E-state index contributed by atoms with van der Waals surface area (Å²) >= 11 is 0. The number of benzene rings is 2. The van der Waals surface area contributed by atoms with E-state index in [4.69, 9.17) is 14.7 Å². The van der Waals surface area contributed by atoms with E-state index in [0.717, 1.165) is 80.3 Å². The van der Waals surface area contributed by atoms with Gasteiger partial charge >= 0.3 is 6.01 Å². The molecule has 1 saturated carbocycles. The van der Waals surface area contributed by atoms with Gasteiger partial charge in [0.15, 0.2) is 0 Å². The van der Waals surface area contributed by atoms with Crippen molar-refractivity contribution in [1.29, 1.82) is 5.26 Å². The highest BCUT2D eigenvalue weighted by atomic mass is 19.3. The third-order valence-electron chi connectivity index (χ3n) is 9.88. The lowest BCUT2D eigenvalue weighted by molar-refractivity contribution is 0.0650. The Labute approximate surface area is 257 Å². The number of halogens is 2. The summed E-state index contributed by atoms with van der Waals surface area (Å²) in [7, 11) is 2.17. The van der Waals surface area contributed by atoms with Crippen molar-refractivity contribution >= 4 is 22.3 Å². The van der Waals surface area contributed by atoms with E-state index >= 15 is 0 Å². The van der Waals surface area contributed by atoms with Crippen LogP contribution < -0.4 is 19.9 Å². The van der Waals surface area contributed by atoms with Crippen LogP contribution in [-0.4, -0.2) is 97.4 Å².